The lowest BCUT2D eigenvalue weighted by Gasteiger charge is -2.31. The molecule has 1 aliphatic rings. The van der Waals surface area contributed by atoms with E-state index in [-0.39, 0.29) is 17.8 Å². The summed E-state index contributed by atoms with van der Waals surface area (Å²) in [5.41, 5.74) is 3.36. The zero-order valence-electron chi connectivity index (χ0n) is 16.7. The lowest BCUT2D eigenvalue weighted by atomic mass is 9.97. The van der Waals surface area contributed by atoms with E-state index >= 15 is 0 Å². The van der Waals surface area contributed by atoms with Gasteiger partial charge in [-0.05, 0) is 44.9 Å². The molecule has 0 spiro atoms. The number of fused-ring (bicyclic) bond motifs is 1. The molecule has 2 aromatic carbocycles. The van der Waals surface area contributed by atoms with E-state index in [4.69, 9.17) is 9.26 Å². The first-order chi connectivity index (χ1) is 14.1. The molecular weight excluding hydrogens is 368 g/mol. The molecule has 150 valence electrons. The van der Waals surface area contributed by atoms with E-state index < -0.39 is 0 Å². The molecule has 6 nitrogen and oxygen atoms in total. The van der Waals surface area contributed by atoms with Crippen LogP contribution in [0.5, 0.6) is 0 Å². The van der Waals surface area contributed by atoms with E-state index in [0.29, 0.717) is 36.5 Å². The smallest absolute Gasteiger partial charge is 0.310 e. The summed E-state index contributed by atoms with van der Waals surface area (Å²) < 4.78 is 10.7. The lowest BCUT2D eigenvalue weighted by Crippen LogP contribution is -2.42. The Labute approximate surface area is 169 Å². The number of ether oxygens (including phenoxy) is 1. The van der Waals surface area contributed by atoms with Gasteiger partial charge in [-0.15, -0.1) is 0 Å². The van der Waals surface area contributed by atoms with Gasteiger partial charge < -0.3 is 14.2 Å². The monoisotopic (exact) mass is 392 g/mol. The SMILES string of the molecule is CCOC(=O)[C@H]1CCCN(C(=O)c2ccc3noc(-c4ccc(C)cc4)c3c2)C1. The number of likely N-dealkylation sites (tertiary alicyclic amines) is 1. The zero-order chi connectivity index (χ0) is 20.4. The van der Waals surface area contributed by atoms with E-state index in [0.717, 1.165) is 29.4 Å². The van der Waals surface area contributed by atoms with Crippen LogP contribution < -0.4 is 0 Å². The van der Waals surface area contributed by atoms with Gasteiger partial charge in [0.15, 0.2) is 5.76 Å². The third-order valence-corrected chi connectivity index (χ3v) is 5.37. The van der Waals surface area contributed by atoms with E-state index in [2.05, 4.69) is 5.16 Å². The van der Waals surface area contributed by atoms with Crippen LogP contribution >= 0.6 is 0 Å². The van der Waals surface area contributed by atoms with Crippen molar-refractivity contribution in [2.75, 3.05) is 19.7 Å². The number of aromatic nitrogens is 1. The minimum Gasteiger partial charge on any atom is -0.466 e. The Morgan fingerprint density at radius 1 is 1.21 bits per heavy atom. The number of hydrogen-bond donors (Lipinski definition) is 0. The van der Waals surface area contributed by atoms with Gasteiger partial charge in [-0.1, -0.05) is 35.0 Å². The van der Waals surface area contributed by atoms with E-state index in [1.54, 1.807) is 24.0 Å². The van der Waals surface area contributed by atoms with Gasteiger partial charge in [0.25, 0.3) is 5.91 Å². The highest BCUT2D eigenvalue weighted by Gasteiger charge is 2.30. The molecule has 29 heavy (non-hydrogen) atoms. The highest BCUT2D eigenvalue weighted by atomic mass is 16.5. The summed E-state index contributed by atoms with van der Waals surface area (Å²) in [4.78, 5) is 26.9. The molecule has 3 aromatic rings. The Kier molecular flexibility index (Phi) is 5.34. The second kappa shape index (κ2) is 8.07. The molecule has 6 heteroatoms. The van der Waals surface area contributed by atoms with Crippen molar-refractivity contribution in [1.29, 1.82) is 0 Å². The van der Waals surface area contributed by atoms with Gasteiger partial charge in [-0.25, -0.2) is 0 Å². The predicted octanol–water partition coefficient (Wildman–Crippen LogP) is 4.22. The fraction of sp³-hybridized carbons (Fsp3) is 0.348. The van der Waals surface area contributed by atoms with E-state index in [9.17, 15) is 9.59 Å². The van der Waals surface area contributed by atoms with Crippen molar-refractivity contribution in [2.24, 2.45) is 5.92 Å². The summed E-state index contributed by atoms with van der Waals surface area (Å²) >= 11 is 0. The summed E-state index contributed by atoms with van der Waals surface area (Å²) in [7, 11) is 0. The predicted molar refractivity (Wildman–Crippen MR) is 109 cm³/mol. The molecule has 0 radical (unpaired) electrons. The third-order valence-electron chi connectivity index (χ3n) is 5.37. The van der Waals surface area contributed by atoms with E-state index in [1.807, 2.05) is 37.3 Å². The summed E-state index contributed by atoms with van der Waals surface area (Å²) in [6.45, 7) is 5.21. The Balaban J connectivity index is 1.60. The first-order valence-electron chi connectivity index (χ1n) is 9.99. The number of hydrogen-bond acceptors (Lipinski definition) is 5. The molecule has 1 saturated heterocycles. The first-order valence-corrected chi connectivity index (χ1v) is 9.99. The Hall–Kier alpha value is -3.15. The summed E-state index contributed by atoms with van der Waals surface area (Å²) in [5, 5.41) is 4.93. The molecular formula is C23H24N2O4. The van der Waals surface area contributed by atoms with Crippen molar-refractivity contribution in [1.82, 2.24) is 10.1 Å². The molecule has 0 N–H and O–H groups in total. The normalized spacial score (nSPS) is 16.8. The molecule has 1 amide bonds. The number of esters is 1. The van der Waals surface area contributed by atoms with Gasteiger partial charge in [-0.3, -0.25) is 9.59 Å². The number of carbonyl (C=O) groups is 2. The van der Waals surface area contributed by atoms with Crippen molar-refractivity contribution in [2.45, 2.75) is 26.7 Å². The van der Waals surface area contributed by atoms with Gasteiger partial charge in [-0.2, -0.15) is 0 Å². The molecule has 1 aromatic heterocycles. The molecule has 1 atom stereocenters. The van der Waals surface area contributed by atoms with Crippen LogP contribution in [0, 0.1) is 12.8 Å². The molecule has 0 saturated carbocycles. The average molecular weight is 392 g/mol. The summed E-state index contributed by atoms with van der Waals surface area (Å²) in [5.74, 6) is 0.0888. The molecule has 1 fully saturated rings. The Morgan fingerprint density at radius 3 is 2.76 bits per heavy atom. The zero-order valence-corrected chi connectivity index (χ0v) is 16.7. The highest BCUT2D eigenvalue weighted by molar-refractivity contribution is 6.01. The number of rotatable bonds is 4. The van der Waals surface area contributed by atoms with Crippen LogP contribution in [0.4, 0.5) is 0 Å². The van der Waals surface area contributed by atoms with Gasteiger partial charge in [0.2, 0.25) is 0 Å². The summed E-state index contributed by atoms with van der Waals surface area (Å²) in [6, 6.07) is 13.4. The minimum atomic E-state index is -0.255. The van der Waals surface area contributed by atoms with Crippen molar-refractivity contribution >= 4 is 22.8 Å². The molecule has 0 bridgehead atoms. The summed E-state index contributed by atoms with van der Waals surface area (Å²) in [6.07, 6.45) is 1.55. The number of piperidine rings is 1. The number of carbonyl (C=O) groups excluding carboxylic acids is 2. The van der Waals surface area contributed by atoms with Crippen LogP contribution in [-0.4, -0.2) is 41.6 Å². The van der Waals surface area contributed by atoms with Gasteiger partial charge in [0, 0.05) is 24.2 Å². The van der Waals surface area contributed by atoms with Crippen molar-refractivity contribution in [3.63, 3.8) is 0 Å². The number of amides is 1. The van der Waals surface area contributed by atoms with Crippen LogP contribution in [0.3, 0.4) is 0 Å². The fourth-order valence-electron chi connectivity index (χ4n) is 3.78. The lowest BCUT2D eigenvalue weighted by molar-refractivity contribution is -0.149. The largest absolute Gasteiger partial charge is 0.466 e. The maximum atomic E-state index is 13.1. The number of benzene rings is 2. The van der Waals surface area contributed by atoms with Crippen molar-refractivity contribution in [3.05, 3.63) is 53.6 Å². The molecule has 4 rings (SSSR count). The van der Waals surface area contributed by atoms with Crippen molar-refractivity contribution < 1.29 is 18.8 Å². The quantitative estimate of drug-likeness (QED) is 0.622. The second-order valence-corrected chi connectivity index (χ2v) is 7.45. The average Bonchev–Trinajstić information content (AvgIpc) is 3.17. The van der Waals surface area contributed by atoms with Crippen LogP contribution in [-0.2, 0) is 9.53 Å². The molecule has 1 aliphatic heterocycles. The minimum absolute atomic E-state index is 0.0862. The maximum absolute atomic E-state index is 13.1. The van der Waals surface area contributed by atoms with Crippen LogP contribution in [0.2, 0.25) is 0 Å². The number of aryl methyl sites for hydroxylation is 1. The molecule has 0 aliphatic carbocycles. The van der Waals surface area contributed by atoms with Gasteiger partial charge >= 0.3 is 5.97 Å². The van der Waals surface area contributed by atoms with Gasteiger partial charge in [0.1, 0.15) is 5.52 Å². The van der Waals surface area contributed by atoms with Crippen LogP contribution in [0.1, 0.15) is 35.7 Å². The number of nitrogens with zero attached hydrogens (tertiary/aromatic N) is 2. The van der Waals surface area contributed by atoms with Gasteiger partial charge in [0.05, 0.1) is 17.9 Å². The Morgan fingerprint density at radius 2 is 2.00 bits per heavy atom. The fourth-order valence-corrected chi connectivity index (χ4v) is 3.78. The highest BCUT2D eigenvalue weighted by Crippen LogP contribution is 2.30. The second-order valence-electron chi connectivity index (χ2n) is 7.45. The van der Waals surface area contributed by atoms with Crippen LogP contribution in [0.15, 0.2) is 47.0 Å². The third kappa shape index (κ3) is 3.88. The maximum Gasteiger partial charge on any atom is 0.310 e. The van der Waals surface area contributed by atoms with Crippen LogP contribution in [0.25, 0.3) is 22.2 Å². The first kappa shape index (κ1) is 19.2. The topological polar surface area (TPSA) is 72.6 Å². The molecule has 0 unspecified atom stereocenters. The van der Waals surface area contributed by atoms with E-state index in [1.165, 1.54) is 0 Å². The Bertz CT molecular complexity index is 1040. The molecule has 2 heterocycles. The standard InChI is InChI=1S/C23H24N2O4/c1-3-28-23(27)18-5-4-12-25(14-18)22(26)17-10-11-20-19(13-17)21(29-24-20)16-8-6-15(2)7-9-16/h6-11,13,18H,3-5,12,14H2,1-2H3/t18-/m0/s1. The van der Waals surface area contributed by atoms with Crippen molar-refractivity contribution in [3.8, 4) is 11.3 Å².